The van der Waals surface area contributed by atoms with E-state index in [-0.39, 0.29) is 6.61 Å². The SMILES string of the molecule is COc1cc(CNCc2nc(C)cc(C)n2)ccc1OC[C@@H](O)CN1CCCCCCC1. The smallest absolute Gasteiger partial charge is 0.161 e. The maximum absolute atomic E-state index is 10.5. The predicted octanol–water partition coefficient (Wildman–Crippen LogP) is 3.40. The molecule has 1 atom stereocenters. The van der Waals surface area contributed by atoms with Gasteiger partial charge in [-0.1, -0.05) is 25.3 Å². The third-order valence-corrected chi connectivity index (χ3v) is 5.72. The normalized spacial score (nSPS) is 16.2. The van der Waals surface area contributed by atoms with E-state index in [9.17, 15) is 5.11 Å². The summed E-state index contributed by atoms with van der Waals surface area (Å²) in [6, 6.07) is 7.86. The number of nitrogens with one attached hydrogen (secondary N) is 1. The van der Waals surface area contributed by atoms with Crippen LogP contribution in [-0.2, 0) is 13.1 Å². The van der Waals surface area contributed by atoms with Crippen LogP contribution in [0.2, 0.25) is 0 Å². The molecule has 176 valence electrons. The van der Waals surface area contributed by atoms with Gasteiger partial charge >= 0.3 is 0 Å². The number of aliphatic hydroxyl groups is 1. The van der Waals surface area contributed by atoms with Gasteiger partial charge in [-0.2, -0.15) is 0 Å². The topological polar surface area (TPSA) is 79.7 Å². The summed E-state index contributed by atoms with van der Waals surface area (Å²) < 4.78 is 11.4. The van der Waals surface area contributed by atoms with E-state index in [2.05, 4.69) is 20.2 Å². The van der Waals surface area contributed by atoms with Crippen molar-refractivity contribution >= 4 is 0 Å². The minimum absolute atomic E-state index is 0.258. The Labute approximate surface area is 192 Å². The second-order valence-corrected chi connectivity index (χ2v) is 8.69. The average molecular weight is 443 g/mol. The summed E-state index contributed by atoms with van der Waals surface area (Å²) in [6.45, 7) is 8.28. The number of likely N-dealkylation sites (tertiary alicyclic amines) is 1. The van der Waals surface area contributed by atoms with Crippen molar-refractivity contribution in [1.29, 1.82) is 0 Å². The van der Waals surface area contributed by atoms with Crippen LogP contribution < -0.4 is 14.8 Å². The molecule has 7 heteroatoms. The van der Waals surface area contributed by atoms with E-state index in [4.69, 9.17) is 9.47 Å². The van der Waals surface area contributed by atoms with Crippen molar-refractivity contribution < 1.29 is 14.6 Å². The summed E-state index contributed by atoms with van der Waals surface area (Å²) in [7, 11) is 1.64. The molecular weight excluding hydrogens is 404 g/mol. The Hall–Kier alpha value is -2.22. The fraction of sp³-hybridized carbons (Fsp3) is 0.600. The minimum Gasteiger partial charge on any atom is -0.493 e. The van der Waals surface area contributed by atoms with Crippen molar-refractivity contribution in [2.45, 2.75) is 65.1 Å². The first-order chi connectivity index (χ1) is 15.5. The van der Waals surface area contributed by atoms with Crippen LogP contribution >= 0.6 is 0 Å². The number of ether oxygens (including phenoxy) is 2. The molecular formula is C25H38N4O3. The van der Waals surface area contributed by atoms with Crippen molar-refractivity contribution in [2.75, 3.05) is 33.4 Å². The quantitative estimate of drug-likeness (QED) is 0.584. The number of aliphatic hydroxyl groups excluding tert-OH is 1. The van der Waals surface area contributed by atoms with Gasteiger partial charge in [-0.3, -0.25) is 0 Å². The number of hydrogen-bond acceptors (Lipinski definition) is 7. The van der Waals surface area contributed by atoms with Gasteiger partial charge in [0.05, 0.1) is 13.7 Å². The molecule has 0 bridgehead atoms. The van der Waals surface area contributed by atoms with Crippen LogP contribution in [0, 0.1) is 13.8 Å². The van der Waals surface area contributed by atoms with Crippen LogP contribution in [0.5, 0.6) is 11.5 Å². The van der Waals surface area contributed by atoms with Gasteiger partial charge in [0.2, 0.25) is 0 Å². The minimum atomic E-state index is -0.515. The second kappa shape index (κ2) is 12.7. The van der Waals surface area contributed by atoms with Gasteiger partial charge < -0.3 is 24.8 Å². The lowest BCUT2D eigenvalue weighted by Gasteiger charge is -2.26. The number of nitrogens with zero attached hydrogens (tertiary/aromatic N) is 3. The first kappa shape index (κ1) is 24.4. The van der Waals surface area contributed by atoms with E-state index >= 15 is 0 Å². The lowest BCUT2D eigenvalue weighted by molar-refractivity contribution is 0.0645. The van der Waals surface area contributed by atoms with Gasteiger partial charge in [-0.05, 0) is 63.5 Å². The van der Waals surface area contributed by atoms with Gasteiger partial charge in [0.1, 0.15) is 18.5 Å². The zero-order valence-electron chi connectivity index (χ0n) is 19.8. The predicted molar refractivity (Wildman–Crippen MR) is 126 cm³/mol. The maximum atomic E-state index is 10.5. The summed E-state index contributed by atoms with van der Waals surface area (Å²) in [5, 5.41) is 13.9. The summed E-state index contributed by atoms with van der Waals surface area (Å²) in [4.78, 5) is 11.3. The Morgan fingerprint density at radius 3 is 2.34 bits per heavy atom. The van der Waals surface area contributed by atoms with Crippen LogP contribution in [0.3, 0.4) is 0 Å². The third kappa shape index (κ3) is 8.04. The standard InChI is InChI=1S/C25H38N4O3/c1-19-13-20(2)28-25(27-19)16-26-15-21-9-10-23(24(14-21)31-3)32-18-22(30)17-29-11-7-5-4-6-8-12-29/h9-10,13-14,22,26,30H,4-8,11-12,15-18H2,1-3H3/t22-/m0/s1. The Bertz CT molecular complexity index is 818. The molecule has 0 aliphatic carbocycles. The molecule has 3 rings (SSSR count). The number of rotatable bonds is 10. The maximum Gasteiger partial charge on any atom is 0.161 e. The van der Waals surface area contributed by atoms with Crippen molar-refractivity contribution in [1.82, 2.24) is 20.2 Å². The molecule has 1 aliphatic rings. The lowest BCUT2D eigenvalue weighted by atomic mass is 10.1. The van der Waals surface area contributed by atoms with Gasteiger partial charge in [-0.25, -0.2) is 9.97 Å². The third-order valence-electron chi connectivity index (χ3n) is 5.72. The highest BCUT2D eigenvalue weighted by molar-refractivity contribution is 5.43. The van der Waals surface area contributed by atoms with E-state index < -0.39 is 6.10 Å². The Balaban J connectivity index is 1.47. The second-order valence-electron chi connectivity index (χ2n) is 8.69. The molecule has 0 unspecified atom stereocenters. The highest BCUT2D eigenvalue weighted by atomic mass is 16.5. The van der Waals surface area contributed by atoms with Crippen molar-refractivity contribution in [3.05, 3.63) is 47.0 Å². The van der Waals surface area contributed by atoms with Crippen molar-refractivity contribution in [2.24, 2.45) is 0 Å². The fourth-order valence-electron chi connectivity index (χ4n) is 4.17. The molecule has 1 aliphatic heterocycles. The van der Waals surface area contributed by atoms with E-state index in [0.717, 1.165) is 35.9 Å². The molecule has 0 saturated carbocycles. The molecule has 1 aromatic heterocycles. The van der Waals surface area contributed by atoms with Crippen LogP contribution in [0.25, 0.3) is 0 Å². The van der Waals surface area contributed by atoms with E-state index in [1.165, 1.54) is 32.1 Å². The number of β-amino-alcohol motifs (C(OH)–C–C–N with tert-alkyl or cyclic N) is 1. The summed E-state index contributed by atoms with van der Waals surface area (Å²) >= 11 is 0. The largest absolute Gasteiger partial charge is 0.493 e. The number of hydrogen-bond donors (Lipinski definition) is 2. The Morgan fingerprint density at radius 2 is 1.66 bits per heavy atom. The van der Waals surface area contributed by atoms with Crippen LogP contribution in [0.4, 0.5) is 0 Å². The molecule has 2 N–H and O–H groups in total. The number of aryl methyl sites for hydroxylation is 2. The highest BCUT2D eigenvalue weighted by Crippen LogP contribution is 2.28. The monoisotopic (exact) mass is 442 g/mol. The molecule has 7 nitrogen and oxygen atoms in total. The zero-order chi connectivity index (χ0) is 22.8. The van der Waals surface area contributed by atoms with Crippen molar-refractivity contribution in [3.63, 3.8) is 0 Å². The summed E-state index contributed by atoms with van der Waals surface area (Å²) in [6.07, 6.45) is 5.83. The summed E-state index contributed by atoms with van der Waals surface area (Å²) in [5.74, 6) is 2.12. The van der Waals surface area contributed by atoms with Gasteiger partial charge in [0.15, 0.2) is 11.5 Å². The molecule has 0 radical (unpaired) electrons. The number of benzene rings is 1. The van der Waals surface area contributed by atoms with Gasteiger partial charge in [0.25, 0.3) is 0 Å². The first-order valence-corrected chi connectivity index (χ1v) is 11.8. The highest BCUT2D eigenvalue weighted by Gasteiger charge is 2.15. The van der Waals surface area contributed by atoms with Crippen LogP contribution in [0.15, 0.2) is 24.3 Å². The molecule has 0 spiro atoms. The molecule has 2 aromatic rings. The van der Waals surface area contributed by atoms with Crippen molar-refractivity contribution in [3.8, 4) is 11.5 Å². The molecule has 1 fully saturated rings. The molecule has 1 saturated heterocycles. The van der Waals surface area contributed by atoms with Crippen LogP contribution in [0.1, 0.15) is 54.9 Å². The zero-order valence-corrected chi connectivity index (χ0v) is 19.8. The van der Waals surface area contributed by atoms with Gasteiger partial charge in [0, 0.05) is 24.5 Å². The number of methoxy groups -OCH3 is 1. The first-order valence-electron chi connectivity index (χ1n) is 11.8. The molecule has 32 heavy (non-hydrogen) atoms. The van der Waals surface area contributed by atoms with Crippen LogP contribution in [-0.4, -0.2) is 59.4 Å². The lowest BCUT2D eigenvalue weighted by Crippen LogP contribution is -2.37. The average Bonchev–Trinajstić information content (AvgIpc) is 2.74. The number of aromatic nitrogens is 2. The van der Waals surface area contributed by atoms with E-state index in [1.807, 2.05) is 38.1 Å². The Kier molecular flexibility index (Phi) is 9.71. The fourth-order valence-corrected chi connectivity index (χ4v) is 4.17. The molecule has 1 aromatic carbocycles. The van der Waals surface area contributed by atoms with Gasteiger partial charge in [-0.15, -0.1) is 0 Å². The molecule has 2 heterocycles. The summed E-state index contributed by atoms with van der Waals surface area (Å²) in [5.41, 5.74) is 3.04. The molecule has 0 amide bonds. The van der Waals surface area contributed by atoms with E-state index in [0.29, 0.717) is 31.1 Å². The van der Waals surface area contributed by atoms with E-state index in [1.54, 1.807) is 7.11 Å². The Morgan fingerprint density at radius 1 is 0.969 bits per heavy atom.